The molecule has 1 aromatic heterocycles. The normalized spacial score (nSPS) is 10.1. The summed E-state index contributed by atoms with van der Waals surface area (Å²) in [6, 6.07) is 0. The summed E-state index contributed by atoms with van der Waals surface area (Å²) in [7, 11) is 1.82. The molecule has 0 spiro atoms. The fourth-order valence-electron chi connectivity index (χ4n) is 1.05. The number of aryl methyl sites for hydroxylation is 2. The van der Waals surface area contributed by atoms with Gasteiger partial charge in [0.25, 0.3) is 0 Å². The Morgan fingerprint density at radius 1 is 1.73 bits per heavy atom. The molecule has 11 heavy (non-hydrogen) atoms. The molecule has 0 saturated carbocycles. The fraction of sp³-hybridized carbons (Fsp3) is 0.500. The van der Waals surface area contributed by atoms with Crippen LogP contribution in [0.15, 0.2) is 6.20 Å². The summed E-state index contributed by atoms with van der Waals surface area (Å²) in [5, 5.41) is 4.05. The van der Waals surface area contributed by atoms with E-state index in [0.29, 0.717) is 12.1 Å². The summed E-state index contributed by atoms with van der Waals surface area (Å²) in [5.41, 5.74) is 1.56. The summed E-state index contributed by atoms with van der Waals surface area (Å²) < 4.78 is 1.66. The van der Waals surface area contributed by atoms with Crippen LogP contribution in [0.5, 0.6) is 0 Å². The van der Waals surface area contributed by atoms with E-state index in [0.717, 1.165) is 5.56 Å². The lowest BCUT2D eigenvalue weighted by atomic mass is 10.2. The lowest BCUT2D eigenvalue weighted by molar-refractivity contribution is 0.0982. The molecule has 0 bridgehead atoms. The zero-order valence-electron chi connectivity index (χ0n) is 7.09. The molecule has 0 aromatic carbocycles. The Hall–Kier alpha value is -1.12. The molecule has 0 radical (unpaired) electrons. The first-order valence-electron chi connectivity index (χ1n) is 3.68. The maximum absolute atomic E-state index is 11.2. The first-order valence-corrected chi connectivity index (χ1v) is 3.68. The molecule has 0 amide bonds. The Morgan fingerprint density at radius 2 is 2.36 bits per heavy atom. The lowest BCUT2D eigenvalue weighted by Gasteiger charge is -1.90. The molecule has 1 rings (SSSR count). The van der Waals surface area contributed by atoms with Gasteiger partial charge in [-0.25, -0.2) is 0 Å². The topological polar surface area (TPSA) is 34.9 Å². The Bertz CT molecular complexity index is 276. The number of nitrogens with zero attached hydrogens (tertiary/aromatic N) is 2. The van der Waals surface area contributed by atoms with Gasteiger partial charge in [-0.1, -0.05) is 6.92 Å². The molecule has 0 N–H and O–H groups in total. The van der Waals surface area contributed by atoms with Gasteiger partial charge in [-0.05, 0) is 12.5 Å². The number of ketones is 1. The third kappa shape index (κ3) is 1.48. The lowest BCUT2D eigenvalue weighted by Crippen LogP contribution is -2.00. The second-order valence-electron chi connectivity index (χ2n) is 2.61. The number of carbonyl (C=O) groups excluding carboxylic acids is 1. The van der Waals surface area contributed by atoms with E-state index in [1.165, 1.54) is 0 Å². The highest BCUT2D eigenvalue weighted by atomic mass is 16.1. The fourth-order valence-corrected chi connectivity index (χ4v) is 1.05. The second-order valence-corrected chi connectivity index (χ2v) is 2.61. The van der Waals surface area contributed by atoms with E-state index < -0.39 is 0 Å². The average Bonchev–Trinajstić information content (AvgIpc) is 2.28. The Labute approximate surface area is 66.0 Å². The third-order valence-corrected chi connectivity index (χ3v) is 1.60. The smallest absolute Gasteiger partial charge is 0.183 e. The third-order valence-electron chi connectivity index (χ3n) is 1.60. The quantitative estimate of drug-likeness (QED) is 0.599. The number of Topliss-reactive ketones (excluding diaryl/α,β-unsaturated/α-hetero) is 1. The van der Waals surface area contributed by atoms with Crippen molar-refractivity contribution in [1.29, 1.82) is 0 Å². The van der Waals surface area contributed by atoms with Crippen LogP contribution in [0.3, 0.4) is 0 Å². The predicted octanol–water partition coefficient (Wildman–Crippen LogP) is 1.32. The number of rotatable bonds is 2. The van der Waals surface area contributed by atoms with Gasteiger partial charge in [0.2, 0.25) is 0 Å². The molecule has 1 aromatic rings. The van der Waals surface area contributed by atoms with Crippen molar-refractivity contribution in [2.75, 3.05) is 0 Å². The van der Waals surface area contributed by atoms with E-state index in [-0.39, 0.29) is 5.78 Å². The Morgan fingerprint density at radius 3 is 2.73 bits per heavy atom. The van der Waals surface area contributed by atoms with Gasteiger partial charge in [-0.2, -0.15) is 5.10 Å². The van der Waals surface area contributed by atoms with Crippen LogP contribution in [0.1, 0.15) is 29.4 Å². The summed E-state index contributed by atoms with van der Waals surface area (Å²) in [5.74, 6) is 0.114. The second kappa shape index (κ2) is 2.86. The van der Waals surface area contributed by atoms with Gasteiger partial charge >= 0.3 is 0 Å². The van der Waals surface area contributed by atoms with E-state index >= 15 is 0 Å². The summed E-state index contributed by atoms with van der Waals surface area (Å²) in [6.45, 7) is 3.74. The van der Waals surface area contributed by atoms with E-state index in [1.54, 1.807) is 4.68 Å². The number of carbonyl (C=O) groups is 1. The van der Waals surface area contributed by atoms with Gasteiger partial charge in [0, 0.05) is 19.7 Å². The van der Waals surface area contributed by atoms with Crippen molar-refractivity contribution in [3.63, 3.8) is 0 Å². The number of hydrogen-bond donors (Lipinski definition) is 0. The van der Waals surface area contributed by atoms with Gasteiger partial charge in [0.1, 0.15) is 5.69 Å². The summed E-state index contributed by atoms with van der Waals surface area (Å²) in [4.78, 5) is 11.2. The minimum atomic E-state index is 0.114. The van der Waals surface area contributed by atoms with E-state index in [2.05, 4.69) is 5.10 Å². The van der Waals surface area contributed by atoms with Crippen LogP contribution < -0.4 is 0 Å². The van der Waals surface area contributed by atoms with Gasteiger partial charge in [-0.3, -0.25) is 9.48 Å². The van der Waals surface area contributed by atoms with E-state index in [4.69, 9.17) is 0 Å². The number of aromatic nitrogens is 2. The van der Waals surface area contributed by atoms with Crippen LogP contribution in [-0.2, 0) is 7.05 Å². The van der Waals surface area contributed by atoms with Crippen LogP contribution in [0.2, 0.25) is 0 Å². The van der Waals surface area contributed by atoms with Crippen LogP contribution in [-0.4, -0.2) is 15.6 Å². The first-order chi connectivity index (χ1) is 5.15. The van der Waals surface area contributed by atoms with Crippen molar-refractivity contribution in [3.05, 3.63) is 17.5 Å². The highest BCUT2D eigenvalue weighted by Crippen LogP contribution is 2.06. The summed E-state index contributed by atoms with van der Waals surface area (Å²) >= 11 is 0. The maximum atomic E-state index is 11.2. The molecule has 0 aliphatic heterocycles. The largest absolute Gasteiger partial charge is 0.292 e. The van der Waals surface area contributed by atoms with Gasteiger partial charge in [-0.15, -0.1) is 0 Å². The van der Waals surface area contributed by atoms with Crippen molar-refractivity contribution >= 4 is 5.78 Å². The van der Waals surface area contributed by atoms with Crippen molar-refractivity contribution in [2.24, 2.45) is 7.05 Å². The zero-order chi connectivity index (χ0) is 8.43. The van der Waals surface area contributed by atoms with Crippen molar-refractivity contribution in [2.45, 2.75) is 20.3 Å². The zero-order valence-corrected chi connectivity index (χ0v) is 7.09. The van der Waals surface area contributed by atoms with E-state index in [1.807, 2.05) is 27.1 Å². The van der Waals surface area contributed by atoms with Crippen molar-refractivity contribution in [1.82, 2.24) is 9.78 Å². The molecule has 0 saturated heterocycles. The molecule has 3 heteroatoms. The van der Waals surface area contributed by atoms with Crippen LogP contribution >= 0.6 is 0 Å². The van der Waals surface area contributed by atoms with Crippen LogP contribution in [0, 0.1) is 6.92 Å². The van der Waals surface area contributed by atoms with Crippen molar-refractivity contribution < 1.29 is 4.79 Å². The molecule has 0 unspecified atom stereocenters. The van der Waals surface area contributed by atoms with E-state index in [9.17, 15) is 4.79 Å². The minimum Gasteiger partial charge on any atom is -0.292 e. The molecule has 1 heterocycles. The highest BCUT2D eigenvalue weighted by molar-refractivity contribution is 5.95. The Kier molecular flexibility index (Phi) is 2.08. The van der Waals surface area contributed by atoms with Gasteiger partial charge < -0.3 is 0 Å². The first kappa shape index (κ1) is 7.98. The molecule has 0 atom stereocenters. The monoisotopic (exact) mass is 152 g/mol. The molecule has 0 fully saturated rings. The SMILES string of the molecule is CCC(=O)c1nn(C)cc1C. The van der Waals surface area contributed by atoms with Gasteiger partial charge in [0.05, 0.1) is 0 Å². The van der Waals surface area contributed by atoms with Gasteiger partial charge in [0.15, 0.2) is 5.78 Å². The molecule has 3 nitrogen and oxygen atoms in total. The van der Waals surface area contributed by atoms with Crippen LogP contribution in [0.25, 0.3) is 0 Å². The average molecular weight is 152 g/mol. The molecule has 60 valence electrons. The highest BCUT2D eigenvalue weighted by Gasteiger charge is 2.09. The minimum absolute atomic E-state index is 0.114. The predicted molar refractivity (Wildman–Crippen MR) is 42.6 cm³/mol. The molecular weight excluding hydrogens is 140 g/mol. The summed E-state index contributed by atoms with van der Waals surface area (Å²) in [6.07, 6.45) is 2.38. The number of hydrogen-bond acceptors (Lipinski definition) is 2. The Balaban J connectivity index is 3.03. The van der Waals surface area contributed by atoms with Crippen molar-refractivity contribution in [3.8, 4) is 0 Å². The molecule has 0 aliphatic carbocycles. The standard InChI is InChI=1S/C8H12N2O/c1-4-7(11)8-6(2)5-10(3)9-8/h5H,4H2,1-3H3. The van der Waals surface area contributed by atoms with Crippen LogP contribution in [0.4, 0.5) is 0 Å². The molecular formula is C8H12N2O. The maximum Gasteiger partial charge on any atom is 0.183 e. The molecule has 0 aliphatic rings.